The lowest BCUT2D eigenvalue weighted by atomic mass is 9.81. The summed E-state index contributed by atoms with van der Waals surface area (Å²) in [4.78, 5) is 11.0. The fraction of sp³-hybridized carbons (Fsp3) is 0.533. The Morgan fingerprint density at radius 3 is 2.72 bits per heavy atom. The van der Waals surface area contributed by atoms with Crippen LogP contribution in [0.1, 0.15) is 39.5 Å². The van der Waals surface area contributed by atoms with Gasteiger partial charge in [-0.2, -0.15) is 0 Å². The number of hydrogen-bond donors (Lipinski definition) is 2. The van der Waals surface area contributed by atoms with E-state index >= 15 is 0 Å². The molecule has 18 heavy (non-hydrogen) atoms. The van der Waals surface area contributed by atoms with E-state index in [1.165, 1.54) is 32.6 Å². The van der Waals surface area contributed by atoms with Crippen LogP contribution in [0.5, 0.6) is 0 Å². The molecular weight excluding hydrogens is 224 g/mol. The summed E-state index contributed by atoms with van der Waals surface area (Å²) in [5.74, 6) is 0.876. The number of hydrogen-bond acceptors (Lipinski definition) is 2. The van der Waals surface area contributed by atoms with Crippen LogP contribution in [-0.2, 0) is 4.79 Å². The SMILES string of the molecule is CC(=O)Nc1cccc(NC(C)CC2CCC2)c1. The van der Waals surface area contributed by atoms with Gasteiger partial charge >= 0.3 is 0 Å². The first kappa shape index (κ1) is 12.9. The van der Waals surface area contributed by atoms with E-state index in [1.54, 1.807) is 0 Å². The largest absolute Gasteiger partial charge is 0.383 e. The molecule has 1 unspecified atom stereocenters. The monoisotopic (exact) mass is 246 g/mol. The maximum absolute atomic E-state index is 11.0. The maximum atomic E-state index is 11.0. The number of carbonyl (C=O) groups is 1. The summed E-state index contributed by atoms with van der Waals surface area (Å²) < 4.78 is 0. The molecule has 3 heteroatoms. The summed E-state index contributed by atoms with van der Waals surface area (Å²) in [7, 11) is 0. The van der Waals surface area contributed by atoms with E-state index < -0.39 is 0 Å². The molecule has 2 N–H and O–H groups in total. The molecule has 2 rings (SSSR count). The van der Waals surface area contributed by atoms with Gasteiger partial charge in [-0.3, -0.25) is 4.79 Å². The molecule has 1 aromatic rings. The number of amides is 1. The highest BCUT2D eigenvalue weighted by Gasteiger charge is 2.19. The summed E-state index contributed by atoms with van der Waals surface area (Å²) in [6.45, 7) is 3.75. The van der Waals surface area contributed by atoms with Crippen LogP contribution in [0.25, 0.3) is 0 Å². The van der Waals surface area contributed by atoms with Crippen LogP contribution in [0.3, 0.4) is 0 Å². The highest BCUT2D eigenvalue weighted by Crippen LogP contribution is 2.31. The van der Waals surface area contributed by atoms with Gasteiger partial charge in [0.2, 0.25) is 5.91 Å². The predicted molar refractivity (Wildman–Crippen MR) is 75.8 cm³/mol. The number of rotatable bonds is 5. The summed E-state index contributed by atoms with van der Waals surface area (Å²) in [6.07, 6.45) is 5.41. The van der Waals surface area contributed by atoms with E-state index in [2.05, 4.69) is 17.6 Å². The van der Waals surface area contributed by atoms with Crippen molar-refractivity contribution in [2.24, 2.45) is 5.92 Å². The topological polar surface area (TPSA) is 41.1 Å². The first-order chi connectivity index (χ1) is 8.63. The van der Waals surface area contributed by atoms with Crippen molar-refractivity contribution in [2.45, 2.75) is 45.6 Å². The normalized spacial score (nSPS) is 16.8. The first-order valence-corrected chi connectivity index (χ1v) is 6.77. The molecule has 1 fully saturated rings. The molecule has 98 valence electrons. The Labute approximate surface area is 109 Å². The zero-order valence-corrected chi connectivity index (χ0v) is 11.2. The molecule has 0 saturated heterocycles. The van der Waals surface area contributed by atoms with Gasteiger partial charge in [0, 0.05) is 24.3 Å². The van der Waals surface area contributed by atoms with E-state index in [-0.39, 0.29) is 5.91 Å². The number of nitrogens with one attached hydrogen (secondary N) is 2. The Balaban J connectivity index is 1.89. The molecule has 1 atom stereocenters. The molecule has 0 bridgehead atoms. The van der Waals surface area contributed by atoms with E-state index in [9.17, 15) is 4.79 Å². The molecule has 0 aliphatic heterocycles. The Hall–Kier alpha value is -1.51. The Morgan fingerprint density at radius 2 is 2.11 bits per heavy atom. The lowest BCUT2D eigenvalue weighted by Crippen LogP contribution is -2.23. The van der Waals surface area contributed by atoms with E-state index in [1.807, 2.05) is 24.3 Å². The van der Waals surface area contributed by atoms with Crippen LogP contribution in [0.15, 0.2) is 24.3 Å². The summed E-state index contributed by atoms with van der Waals surface area (Å²) in [5, 5.41) is 6.31. The second kappa shape index (κ2) is 5.89. The fourth-order valence-corrected chi connectivity index (χ4v) is 2.46. The van der Waals surface area contributed by atoms with Crippen LogP contribution >= 0.6 is 0 Å². The van der Waals surface area contributed by atoms with Gasteiger partial charge < -0.3 is 10.6 Å². The molecule has 1 aliphatic carbocycles. The van der Waals surface area contributed by atoms with Gasteiger partial charge in [-0.25, -0.2) is 0 Å². The van der Waals surface area contributed by atoms with Gasteiger partial charge in [-0.15, -0.1) is 0 Å². The molecule has 0 aromatic heterocycles. The van der Waals surface area contributed by atoms with Gasteiger partial charge in [0.1, 0.15) is 0 Å². The molecule has 1 amide bonds. The average molecular weight is 246 g/mol. The van der Waals surface area contributed by atoms with Crippen LogP contribution in [0.4, 0.5) is 11.4 Å². The van der Waals surface area contributed by atoms with Crippen molar-refractivity contribution in [2.75, 3.05) is 10.6 Å². The van der Waals surface area contributed by atoms with Gasteiger partial charge in [0.05, 0.1) is 0 Å². The third-order valence-electron chi connectivity index (χ3n) is 3.51. The Bertz CT molecular complexity index is 413. The smallest absolute Gasteiger partial charge is 0.221 e. The highest BCUT2D eigenvalue weighted by atomic mass is 16.1. The number of benzene rings is 1. The predicted octanol–water partition coefficient (Wildman–Crippen LogP) is 3.64. The summed E-state index contributed by atoms with van der Waals surface area (Å²) in [5.41, 5.74) is 1.93. The average Bonchev–Trinajstić information content (AvgIpc) is 2.23. The molecule has 0 spiro atoms. The minimum atomic E-state index is -0.0327. The van der Waals surface area contributed by atoms with Crippen LogP contribution in [0, 0.1) is 5.92 Å². The third kappa shape index (κ3) is 3.76. The Kier molecular flexibility index (Phi) is 4.24. The van der Waals surface area contributed by atoms with E-state index in [4.69, 9.17) is 0 Å². The van der Waals surface area contributed by atoms with Crippen molar-refractivity contribution in [1.82, 2.24) is 0 Å². The van der Waals surface area contributed by atoms with Crippen molar-refractivity contribution in [3.8, 4) is 0 Å². The van der Waals surface area contributed by atoms with Crippen molar-refractivity contribution in [3.05, 3.63) is 24.3 Å². The lowest BCUT2D eigenvalue weighted by Gasteiger charge is -2.29. The summed E-state index contributed by atoms with van der Waals surface area (Å²) in [6, 6.07) is 8.39. The van der Waals surface area contributed by atoms with Crippen molar-refractivity contribution >= 4 is 17.3 Å². The molecule has 1 aliphatic rings. The van der Waals surface area contributed by atoms with Gasteiger partial charge in [-0.1, -0.05) is 25.3 Å². The molecule has 3 nitrogen and oxygen atoms in total. The molecule has 1 saturated carbocycles. The van der Waals surface area contributed by atoms with Crippen LogP contribution in [0.2, 0.25) is 0 Å². The van der Waals surface area contributed by atoms with Gasteiger partial charge in [0.15, 0.2) is 0 Å². The molecule has 0 heterocycles. The molecule has 1 aromatic carbocycles. The first-order valence-electron chi connectivity index (χ1n) is 6.77. The molecular formula is C15H22N2O. The number of anilines is 2. The molecule has 0 radical (unpaired) electrons. The Morgan fingerprint density at radius 1 is 1.39 bits per heavy atom. The zero-order chi connectivity index (χ0) is 13.0. The van der Waals surface area contributed by atoms with Crippen LogP contribution < -0.4 is 10.6 Å². The van der Waals surface area contributed by atoms with Crippen molar-refractivity contribution in [3.63, 3.8) is 0 Å². The second-order valence-electron chi connectivity index (χ2n) is 5.34. The van der Waals surface area contributed by atoms with E-state index in [0.717, 1.165) is 17.3 Å². The highest BCUT2D eigenvalue weighted by molar-refractivity contribution is 5.89. The summed E-state index contributed by atoms with van der Waals surface area (Å²) >= 11 is 0. The zero-order valence-electron chi connectivity index (χ0n) is 11.2. The quantitative estimate of drug-likeness (QED) is 0.833. The van der Waals surface area contributed by atoms with E-state index in [0.29, 0.717) is 6.04 Å². The van der Waals surface area contributed by atoms with Crippen molar-refractivity contribution in [1.29, 1.82) is 0 Å². The third-order valence-corrected chi connectivity index (χ3v) is 3.51. The van der Waals surface area contributed by atoms with Crippen LogP contribution in [-0.4, -0.2) is 11.9 Å². The van der Waals surface area contributed by atoms with Gasteiger partial charge in [0.25, 0.3) is 0 Å². The fourth-order valence-electron chi connectivity index (χ4n) is 2.46. The maximum Gasteiger partial charge on any atom is 0.221 e. The van der Waals surface area contributed by atoms with Gasteiger partial charge in [-0.05, 0) is 37.5 Å². The number of carbonyl (C=O) groups excluding carboxylic acids is 1. The standard InChI is InChI=1S/C15H22N2O/c1-11(9-13-5-3-6-13)16-14-7-4-8-15(10-14)17-12(2)18/h4,7-8,10-11,13,16H,3,5-6,9H2,1-2H3,(H,17,18). The minimum absolute atomic E-state index is 0.0327. The minimum Gasteiger partial charge on any atom is -0.383 e. The second-order valence-corrected chi connectivity index (χ2v) is 5.34. The van der Waals surface area contributed by atoms with Crippen molar-refractivity contribution < 1.29 is 4.79 Å². The lowest BCUT2D eigenvalue weighted by molar-refractivity contribution is -0.114.